The molecular weight excluding hydrogens is 344 g/mol. The number of benzene rings is 1. The van der Waals surface area contributed by atoms with E-state index in [9.17, 15) is 9.59 Å². The van der Waals surface area contributed by atoms with Crippen molar-refractivity contribution in [3.8, 4) is 0 Å². The maximum absolute atomic E-state index is 12.8. The van der Waals surface area contributed by atoms with Gasteiger partial charge >= 0.3 is 6.09 Å². The highest BCUT2D eigenvalue weighted by molar-refractivity contribution is 5.95. The van der Waals surface area contributed by atoms with Crippen molar-refractivity contribution < 1.29 is 14.3 Å². The maximum atomic E-state index is 12.8. The summed E-state index contributed by atoms with van der Waals surface area (Å²) in [6.07, 6.45) is 1.32. The average molecular weight is 368 g/mol. The molecule has 7 nitrogen and oxygen atoms in total. The Hall–Kier alpha value is -3.09. The summed E-state index contributed by atoms with van der Waals surface area (Å²) in [5, 5.41) is 3.24. The molecule has 1 aliphatic rings. The standard InChI is InChI=1S/C20H24N4O3/c1-2-27-20(26)24-12-10-23(11-13-24)19(25)17-8-9-21-18(14-17)22-15-16-6-4-3-5-7-16/h3-9,14H,2,10-13,15H2,1H3,(H,21,22). The van der Waals surface area contributed by atoms with Crippen LogP contribution in [-0.2, 0) is 11.3 Å². The molecule has 2 amide bonds. The summed E-state index contributed by atoms with van der Waals surface area (Å²) in [5.41, 5.74) is 1.73. The van der Waals surface area contributed by atoms with Crippen molar-refractivity contribution in [3.05, 3.63) is 59.8 Å². The zero-order chi connectivity index (χ0) is 19.1. The van der Waals surface area contributed by atoms with E-state index < -0.39 is 0 Å². The van der Waals surface area contributed by atoms with E-state index in [4.69, 9.17) is 4.74 Å². The molecule has 1 N–H and O–H groups in total. The van der Waals surface area contributed by atoms with Crippen LogP contribution in [0.1, 0.15) is 22.8 Å². The smallest absolute Gasteiger partial charge is 0.409 e. The monoisotopic (exact) mass is 368 g/mol. The summed E-state index contributed by atoms with van der Waals surface area (Å²) in [4.78, 5) is 32.2. The van der Waals surface area contributed by atoms with Gasteiger partial charge in [-0.3, -0.25) is 4.79 Å². The maximum Gasteiger partial charge on any atom is 0.409 e. The van der Waals surface area contributed by atoms with Gasteiger partial charge < -0.3 is 19.9 Å². The van der Waals surface area contributed by atoms with E-state index in [0.717, 1.165) is 5.56 Å². The van der Waals surface area contributed by atoms with Crippen molar-refractivity contribution in [1.29, 1.82) is 0 Å². The highest BCUT2D eigenvalue weighted by Crippen LogP contribution is 2.13. The largest absolute Gasteiger partial charge is 0.450 e. The first-order valence-electron chi connectivity index (χ1n) is 9.12. The number of pyridine rings is 1. The number of carbonyl (C=O) groups excluding carboxylic acids is 2. The molecule has 2 aromatic rings. The highest BCUT2D eigenvalue weighted by atomic mass is 16.6. The van der Waals surface area contributed by atoms with Crippen LogP contribution in [-0.4, -0.2) is 59.6 Å². The number of nitrogens with zero attached hydrogens (tertiary/aromatic N) is 3. The van der Waals surface area contributed by atoms with Crippen LogP contribution >= 0.6 is 0 Å². The SMILES string of the molecule is CCOC(=O)N1CCN(C(=O)c2ccnc(NCc3ccccc3)c2)CC1. The first-order valence-corrected chi connectivity index (χ1v) is 9.12. The van der Waals surface area contributed by atoms with Gasteiger partial charge in [0, 0.05) is 44.5 Å². The van der Waals surface area contributed by atoms with Crippen molar-refractivity contribution in [1.82, 2.24) is 14.8 Å². The van der Waals surface area contributed by atoms with Crippen LogP contribution in [0.2, 0.25) is 0 Å². The van der Waals surface area contributed by atoms with Gasteiger partial charge in [0.15, 0.2) is 0 Å². The van der Waals surface area contributed by atoms with Crippen LogP contribution in [0.3, 0.4) is 0 Å². The molecule has 7 heteroatoms. The lowest BCUT2D eigenvalue weighted by Gasteiger charge is -2.34. The van der Waals surface area contributed by atoms with Crippen molar-refractivity contribution in [2.75, 3.05) is 38.1 Å². The van der Waals surface area contributed by atoms with Gasteiger partial charge in [-0.25, -0.2) is 9.78 Å². The van der Waals surface area contributed by atoms with Gasteiger partial charge in [0.2, 0.25) is 0 Å². The zero-order valence-electron chi connectivity index (χ0n) is 15.4. The number of amides is 2. The normalized spacial score (nSPS) is 14.0. The molecule has 1 aliphatic heterocycles. The Balaban J connectivity index is 1.57. The number of ether oxygens (including phenoxy) is 1. The third kappa shape index (κ3) is 4.97. The molecule has 0 bridgehead atoms. The summed E-state index contributed by atoms with van der Waals surface area (Å²) in [5.74, 6) is 0.610. The average Bonchev–Trinajstić information content (AvgIpc) is 2.73. The number of anilines is 1. The Morgan fingerprint density at radius 3 is 2.48 bits per heavy atom. The zero-order valence-corrected chi connectivity index (χ0v) is 15.4. The molecule has 2 heterocycles. The highest BCUT2D eigenvalue weighted by Gasteiger charge is 2.25. The lowest BCUT2D eigenvalue weighted by Crippen LogP contribution is -2.50. The minimum atomic E-state index is -0.319. The number of piperazine rings is 1. The third-order valence-electron chi connectivity index (χ3n) is 4.42. The molecule has 0 unspecified atom stereocenters. The molecular formula is C20H24N4O3. The molecule has 1 aromatic heterocycles. The van der Waals surface area contributed by atoms with Gasteiger partial charge in [-0.1, -0.05) is 30.3 Å². The fourth-order valence-electron chi connectivity index (χ4n) is 2.94. The molecule has 1 fully saturated rings. The van der Waals surface area contributed by atoms with Crippen LogP contribution in [0.5, 0.6) is 0 Å². The number of hydrogen-bond acceptors (Lipinski definition) is 5. The quantitative estimate of drug-likeness (QED) is 0.878. The van der Waals surface area contributed by atoms with E-state index in [0.29, 0.717) is 50.7 Å². The Morgan fingerprint density at radius 1 is 1.07 bits per heavy atom. The number of aromatic nitrogens is 1. The number of hydrogen-bond donors (Lipinski definition) is 1. The van der Waals surface area contributed by atoms with Crippen molar-refractivity contribution >= 4 is 17.8 Å². The first kappa shape index (κ1) is 18.7. The van der Waals surface area contributed by atoms with E-state index in [1.807, 2.05) is 30.3 Å². The van der Waals surface area contributed by atoms with Gasteiger partial charge in [-0.05, 0) is 24.6 Å². The topological polar surface area (TPSA) is 74.8 Å². The second-order valence-corrected chi connectivity index (χ2v) is 6.25. The third-order valence-corrected chi connectivity index (χ3v) is 4.42. The predicted molar refractivity (Wildman–Crippen MR) is 103 cm³/mol. The van der Waals surface area contributed by atoms with Crippen molar-refractivity contribution in [2.45, 2.75) is 13.5 Å². The number of carbonyl (C=O) groups is 2. The number of rotatable bonds is 5. The molecule has 0 aliphatic carbocycles. The molecule has 142 valence electrons. The Morgan fingerprint density at radius 2 is 1.78 bits per heavy atom. The fraction of sp³-hybridized carbons (Fsp3) is 0.350. The van der Waals surface area contributed by atoms with Gasteiger partial charge in [0.25, 0.3) is 5.91 Å². The minimum absolute atomic E-state index is 0.0522. The van der Waals surface area contributed by atoms with E-state index in [2.05, 4.69) is 10.3 Å². The van der Waals surface area contributed by atoms with Gasteiger partial charge in [-0.2, -0.15) is 0 Å². The second-order valence-electron chi connectivity index (χ2n) is 6.25. The van der Waals surface area contributed by atoms with Crippen LogP contribution in [0.15, 0.2) is 48.7 Å². The van der Waals surface area contributed by atoms with Crippen LogP contribution in [0, 0.1) is 0 Å². The van der Waals surface area contributed by atoms with Crippen molar-refractivity contribution in [3.63, 3.8) is 0 Å². The lowest BCUT2D eigenvalue weighted by atomic mass is 10.2. The predicted octanol–water partition coefficient (Wildman–Crippen LogP) is 2.61. The fourth-order valence-corrected chi connectivity index (χ4v) is 2.94. The number of nitrogens with one attached hydrogen (secondary N) is 1. The van der Waals surface area contributed by atoms with Crippen LogP contribution in [0.4, 0.5) is 10.6 Å². The molecule has 0 radical (unpaired) electrons. The molecule has 0 spiro atoms. The van der Waals surface area contributed by atoms with E-state index in [1.165, 1.54) is 0 Å². The van der Waals surface area contributed by atoms with E-state index >= 15 is 0 Å². The molecule has 0 atom stereocenters. The Labute approximate surface area is 158 Å². The van der Waals surface area contributed by atoms with E-state index in [-0.39, 0.29) is 12.0 Å². The Kier molecular flexibility index (Phi) is 6.25. The molecule has 1 saturated heterocycles. The molecule has 27 heavy (non-hydrogen) atoms. The van der Waals surface area contributed by atoms with Gasteiger partial charge in [0.05, 0.1) is 6.61 Å². The van der Waals surface area contributed by atoms with Gasteiger partial charge in [0.1, 0.15) is 5.82 Å². The van der Waals surface area contributed by atoms with Crippen molar-refractivity contribution in [2.24, 2.45) is 0 Å². The summed E-state index contributed by atoms with van der Waals surface area (Å²) in [7, 11) is 0. The van der Waals surface area contributed by atoms with Crippen LogP contribution < -0.4 is 5.32 Å². The molecule has 1 aromatic carbocycles. The lowest BCUT2D eigenvalue weighted by molar-refractivity contribution is 0.0570. The second kappa shape index (κ2) is 9.02. The summed E-state index contributed by atoms with van der Waals surface area (Å²) in [6, 6.07) is 13.5. The summed E-state index contributed by atoms with van der Waals surface area (Å²) >= 11 is 0. The summed E-state index contributed by atoms with van der Waals surface area (Å²) < 4.78 is 5.01. The van der Waals surface area contributed by atoms with Crippen LogP contribution in [0.25, 0.3) is 0 Å². The molecule has 3 rings (SSSR count). The first-order chi connectivity index (χ1) is 13.2. The molecule has 0 saturated carbocycles. The summed E-state index contributed by atoms with van der Waals surface area (Å²) in [6.45, 7) is 4.73. The Bertz CT molecular complexity index is 774. The minimum Gasteiger partial charge on any atom is -0.450 e. The van der Waals surface area contributed by atoms with E-state index in [1.54, 1.807) is 35.1 Å². The van der Waals surface area contributed by atoms with Gasteiger partial charge in [-0.15, -0.1) is 0 Å².